The summed E-state index contributed by atoms with van der Waals surface area (Å²) in [5.74, 6) is 0.170. The summed E-state index contributed by atoms with van der Waals surface area (Å²) in [5.41, 5.74) is 0.597. The highest BCUT2D eigenvalue weighted by Crippen LogP contribution is 2.31. The number of nitrogens with zero attached hydrogens (tertiary/aromatic N) is 2. The summed E-state index contributed by atoms with van der Waals surface area (Å²) in [5, 5.41) is 15.3. The van der Waals surface area contributed by atoms with E-state index >= 15 is 0 Å². The molecule has 0 unspecified atom stereocenters. The fourth-order valence-electron chi connectivity index (χ4n) is 4.23. The average molecular weight is 563 g/mol. The largest absolute Gasteiger partial charge is 0.497 e. The molecule has 214 valence electrons. The quantitative estimate of drug-likeness (QED) is 0.427. The Bertz CT molecular complexity index is 1270. The number of aliphatic hydroxyl groups excluding tert-OH is 1. The Hall–Kier alpha value is -3.35. The van der Waals surface area contributed by atoms with Gasteiger partial charge in [-0.05, 0) is 63.2 Å². The number of sulfonamides is 1. The first-order valence-electron chi connectivity index (χ1n) is 12.8. The number of aliphatic hydroxyl groups is 1. The molecule has 39 heavy (non-hydrogen) atoms. The lowest BCUT2D eigenvalue weighted by Crippen LogP contribution is -2.50. The third-order valence-electron chi connectivity index (χ3n) is 6.55. The lowest BCUT2D eigenvalue weighted by Gasteiger charge is -2.38. The van der Waals surface area contributed by atoms with E-state index in [0.717, 1.165) is 0 Å². The standard InChI is InChI=1S/C27H38N4O7S/c1-17(2)28-27(34)29-20-7-12-24-23(13-20)26(33)31(19(4)16-32)14-18(3)25(38-24)15-30(5)39(35,36)22-10-8-21(37-6)9-11-22/h7-13,17-19,25,32H,14-16H2,1-6H3,(H2,28,29,34)/t18-,19+,25-/m0/s1. The number of ether oxygens (including phenoxy) is 2. The number of carbonyl (C=O) groups excluding carboxylic acids is 2. The minimum atomic E-state index is -3.84. The molecule has 11 nitrogen and oxygen atoms in total. The number of nitrogens with one attached hydrogen (secondary N) is 2. The SMILES string of the molecule is COc1ccc(S(=O)(=O)N(C)C[C@@H]2Oc3ccc(NC(=O)NC(C)C)cc3C(=O)N([C@H](C)CO)C[C@@H]2C)cc1. The molecule has 2 aromatic carbocycles. The van der Waals surface area contributed by atoms with Crippen molar-refractivity contribution in [1.29, 1.82) is 0 Å². The van der Waals surface area contributed by atoms with E-state index in [1.165, 1.54) is 36.7 Å². The maximum absolute atomic E-state index is 13.6. The van der Waals surface area contributed by atoms with Crippen molar-refractivity contribution in [2.45, 2.75) is 50.8 Å². The fraction of sp³-hybridized carbons (Fsp3) is 0.481. The van der Waals surface area contributed by atoms with Crippen molar-refractivity contribution in [3.8, 4) is 11.5 Å². The first-order valence-corrected chi connectivity index (χ1v) is 14.2. The number of rotatable bonds is 9. The molecule has 0 saturated heterocycles. The number of carbonyl (C=O) groups is 2. The molecule has 3 amide bonds. The number of fused-ring (bicyclic) bond motifs is 1. The molecule has 3 atom stereocenters. The second-order valence-corrected chi connectivity index (χ2v) is 12.1. The van der Waals surface area contributed by atoms with Crippen LogP contribution in [-0.4, -0.2) is 86.7 Å². The number of methoxy groups -OCH3 is 1. The first kappa shape index (κ1) is 30.2. The van der Waals surface area contributed by atoms with Crippen LogP contribution in [0.5, 0.6) is 11.5 Å². The van der Waals surface area contributed by atoms with Crippen LogP contribution in [0.1, 0.15) is 38.1 Å². The van der Waals surface area contributed by atoms with Gasteiger partial charge in [0.2, 0.25) is 10.0 Å². The first-order chi connectivity index (χ1) is 18.4. The van der Waals surface area contributed by atoms with Crippen LogP contribution < -0.4 is 20.1 Å². The summed E-state index contributed by atoms with van der Waals surface area (Å²) >= 11 is 0. The summed E-state index contributed by atoms with van der Waals surface area (Å²) < 4.78 is 39.2. The van der Waals surface area contributed by atoms with Gasteiger partial charge < -0.3 is 30.1 Å². The van der Waals surface area contributed by atoms with Gasteiger partial charge in [0, 0.05) is 31.2 Å². The van der Waals surface area contributed by atoms with Crippen LogP contribution >= 0.6 is 0 Å². The van der Waals surface area contributed by atoms with Gasteiger partial charge in [0.05, 0.1) is 36.8 Å². The third-order valence-corrected chi connectivity index (χ3v) is 8.38. The van der Waals surface area contributed by atoms with Gasteiger partial charge >= 0.3 is 6.03 Å². The zero-order valence-corrected chi connectivity index (χ0v) is 24.0. The Morgan fingerprint density at radius 2 is 1.87 bits per heavy atom. The van der Waals surface area contributed by atoms with Gasteiger partial charge in [-0.3, -0.25) is 4.79 Å². The Morgan fingerprint density at radius 3 is 2.46 bits per heavy atom. The van der Waals surface area contributed by atoms with Crippen molar-refractivity contribution in [3.05, 3.63) is 48.0 Å². The molecule has 1 aliphatic rings. The summed E-state index contributed by atoms with van der Waals surface area (Å²) in [6.07, 6.45) is -0.619. The minimum Gasteiger partial charge on any atom is -0.497 e. The normalized spacial score (nSPS) is 18.6. The molecule has 3 N–H and O–H groups in total. The summed E-state index contributed by atoms with van der Waals surface area (Å²) in [7, 11) is -0.851. The third kappa shape index (κ3) is 7.20. The molecule has 0 radical (unpaired) electrons. The molecule has 0 saturated carbocycles. The van der Waals surface area contributed by atoms with Gasteiger partial charge in [-0.2, -0.15) is 4.31 Å². The van der Waals surface area contributed by atoms with Gasteiger partial charge in [0.25, 0.3) is 5.91 Å². The van der Waals surface area contributed by atoms with E-state index in [-0.39, 0.29) is 53.8 Å². The van der Waals surface area contributed by atoms with Gasteiger partial charge in [-0.1, -0.05) is 6.92 Å². The molecule has 1 aliphatic heterocycles. The molecule has 2 aromatic rings. The van der Waals surface area contributed by atoms with E-state index < -0.39 is 28.2 Å². The van der Waals surface area contributed by atoms with Crippen LogP contribution in [0.4, 0.5) is 10.5 Å². The Kier molecular flexibility index (Phi) is 9.81. The molecule has 0 bridgehead atoms. The second-order valence-electron chi connectivity index (χ2n) is 10.0. The van der Waals surface area contributed by atoms with Crippen LogP contribution in [0.15, 0.2) is 47.4 Å². The van der Waals surface area contributed by atoms with E-state index in [0.29, 0.717) is 11.4 Å². The summed E-state index contributed by atoms with van der Waals surface area (Å²) in [4.78, 5) is 27.5. The number of anilines is 1. The Balaban J connectivity index is 1.93. The number of likely N-dealkylation sites (N-methyl/N-ethyl adjacent to an activating group) is 1. The molecular weight excluding hydrogens is 524 g/mol. The minimum absolute atomic E-state index is 0.0152. The van der Waals surface area contributed by atoms with Crippen molar-refractivity contribution in [2.24, 2.45) is 5.92 Å². The van der Waals surface area contributed by atoms with Crippen molar-refractivity contribution in [3.63, 3.8) is 0 Å². The van der Waals surface area contributed by atoms with Crippen LogP contribution in [0, 0.1) is 5.92 Å². The Labute approximate surface area is 230 Å². The topological polar surface area (TPSA) is 138 Å². The predicted octanol–water partition coefficient (Wildman–Crippen LogP) is 2.77. The molecule has 3 rings (SSSR count). The smallest absolute Gasteiger partial charge is 0.319 e. The van der Waals surface area contributed by atoms with E-state index in [9.17, 15) is 23.1 Å². The van der Waals surface area contributed by atoms with Crippen molar-refractivity contribution in [1.82, 2.24) is 14.5 Å². The van der Waals surface area contributed by atoms with Crippen LogP contribution in [0.3, 0.4) is 0 Å². The van der Waals surface area contributed by atoms with Gasteiger partial charge in [0.15, 0.2) is 0 Å². The molecule has 12 heteroatoms. The number of amides is 3. The molecule has 1 heterocycles. The highest BCUT2D eigenvalue weighted by Gasteiger charge is 2.35. The van der Waals surface area contributed by atoms with Gasteiger partial charge in [-0.15, -0.1) is 0 Å². The summed E-state index contributed by atoms with van der Waals surface area (Å²) in [6.45, 7) is 7.27. The van der Waals surface area contributed by atoms with E-state index in [1.807, 2.05) is 20.8 Å². The lowest BCUT2D eigenvalue weighted by atomic mass is 9.99. The molecule has 0 spiro atoms. The lowest BCUT2D eigenvalue weighted by molar-refractivity contribution is 0.0387. The predicted molar refractivity (Wildman–Crippen MR) is 148 cm³/mol. The van der Waals surface area contributed by atoms with Crippen LogP contribution in [0.25, 0.3) is 0 Å². The monoisotopic (exact) mass is 562 g/mol. The summed E-state index contributed by atoms with van der Waals surface area (Å²) in [6, 6.07) is 9.88. The Morgan fingerprint density at radius 1 is 1.21 bits per heavy atom. The zero-order chi connectivity index (χ0) is 28.9. The maximum Gasteiger partial charge on any atom is 0.319 e. The highest BCUT2D eigenvalue weighted by molar-refractivity contribution is 7.89. The zero-order valence-electron chi connectivity index (χ0n) is 23.2. The molecule has 0 aliphatic carbocycles. The number of urea groups is 1. The van der Waals surface area contributed by atoms with E-state index in [1.54, 1.807) is 36.1 Å². The van der Waals surface area contributed by atoms with Crippen molar-refractivity contribution < 1.29 is 32.6 Å². The molecule has 0 fully saturated rings. The van der Waals surface area contributed by atoms with Crippen molar-refractivity contribution >= 4 is 27.6 Å². The average Bonchev–Trinajstić information content (AvgIpc) is 2.89. The molecule has 0 aromatic heterocycles. The van der Waals surface area contributed by atoms with E-state index in [2.05, 4.69) is 10.6 Å². The fourth-order valence-corrected chi connectivity index (χ4v) is 5.41. The number of hydrogen-bond donors (Lipinski definition) is 3. The maximum atomic E-state index is 13.6. The molecular formula is C27H38N4O7S. The van der Waals surface area contributed by atoms with Crippen LogP contribution in [-0.2, 0) is 10.0 Å². The van der Waals surface area contributed by atoms with Crippen LogP contribution in [0.2, 0.25) is 0 Å². The number of hydrogen-bond acceptors (Lipinski definition) is 7. The van der Waals surface area contributed by atoms with Gasteiger partial charge in [-0.25, -0.2) is 13.2 Å². The number of benzene rings is 2. The highest BCUT2D eigenvalue weighted by atomic mass is 32.2. The van der Waals surface area contributed by atoms with Crippen molar-refractivity contribution in [2.75, 3.05) is 39.2 Å². The van der Waals surface area contributed by atoms with E-state index in [4.69, 9.17) is 9.47 Å². The second kappa shape index (κ2) is 12.7. The van der Waals surface area contributed by atoms with Gasteiger partial charge in [0.1, 0.15) is 17.6 Å².